The van der Waals surface area contributed by atoms with Gasteiger partial charge >= 0.3 is 6.03 Å². The van der Waals surface area contributed by atoms with Crippen molar-refractivity contribution in [2.24, 2.45) is 0 Å². The van der Waals surface area contributed by atoms with Crippen LogP contribution >= 0.6 is 0 Å². The summed E-state index contributed by atoms with van der Waals surface area (Å²) in [5.74, 6) is 0.928. The molecule has 51 heavy (non-hydrogen) atoms. The second-order valence-electron chi connectivity index (χ2n) is 13.2. The van der Waals surface area contributed by atoms with Gasteiger partial charge in [0.1, 0.15) is 18.0 Å². The number of fused-ring (bicyclic) bond motifs is 1. The largest absolute Gasteiger partial charge is 0.508 e. The number of nitrogens with one attached hydrogen (secondary N) is 3. The summed E-state index contributed by atoms with van der Waals surface area (Å²) in [6.45, 7) is 0.899. The van der Waals surface area contributed by atoms with Crippen LogP contribution in [0.15, 0.2) is 73.3 Å². The number of phenols is 1. The summed E-state index contributed by atoms with van der Waals surface area (Å²) in [6, 6.07) is 14.4. The number of aliphatic hydroxyl groups is 4. The molecule has 0 spiro atoms. The van der Waals surface area contributed by atoms with E-state index in [1.807, 2.05) is 41.3 Å². The van der Waals surface area contributed by atoms with E-state index in [4.69, 9.17) is 9.97 Å². The number of nitrogens with zero attached hydrogens (tertiary/aromatic N) is 7. The second-order valence-corrected chi connectivity index (χ2v) is 13.2. The molecule has 16 heteroatoms. The number of imidazole rings is 1. The van der Waals surface area contributed by atoms with E-state index in [2.05, 4.69) is 26.0 Å². The van der Waals surface area contributed by atoms with Gasteiger partial charge in [-0.1, -0.05) is 42.5 Å². The Hall–Kier alpha value is -5.29. The highest BCUT2D eigenvalue weighted by molar-refractivity contribution is 5.85. The third-order valence-corrected chi connectivity index (χ3v) is 9.62. The molecule has 2 amide bonds. The number of hydrogen-bond acceptors (Lipinski definition) is 12. The van der Waals surface area contributed by atoms with Crippen LogP contribution < -0.4 is 20.9 Å². The molecule has 2 aromatic carbocycles. The first-order valence-corrected chi connectivity index (χ1v) is 17.0. The molecule has 0 unspecified atom stereocenters. The quantitative estimate of drug-likeness (QED) is 0.0923. The van der Waals surface area contributed by atoms with Gasteiger partial charge in [-0.25, -0.2) is 9.78 Å². The number of rotatable bonds is 12. The van der Waals surface area contributed by atoms with Crippen LogP contribution in [0, 0.1) is 0 Å². The number of carbonyl (C=O) groups excluding carboxylic acids is 1. The predicted octanol–water partition coefficient (Wildman–Crippen LogP) is 1.22. The molecule has 1 saturated heterocycles. The van der Waals surface area contributed by atoms with Gasteiger partial charge in [0.05, 0.1) is 43.9 Å². The minimum Gasteiger partial charge on any atom is -0.508 e. The number of hydrogen-bond donors (Lipinski definition) is 8. The van der Waals surface area contributed by atoms with Crippen LogP contribution in [-0.4, -0.2) is 105 Å². The first-order valence-electron chi connectivity index (χ1n) is 17.0. The zero-order chi connectivity index (χ0) is 35.5. The average molecular weight is 699 g/mol. The number of phenolic OH excluding ortho intramolecular Hbond substituents is 1. The summed E-state index contributed by atoms with van der Waals surface area (Å²) in [5.41, 5.74) is 3.29. The van der Waals surface area contributed by atoms with E-state index in [0.717, 1.165) is 11.1 Å². The Morgan fingerprint density at radius 2 is 1.78 bits per heavy atom. The highest BCUT2D eigenvalue weighted by Crippen LogP contribution is 2.40. The Morgan fingerprint density at radius 3 is 2.55 bits per heavy atom. The zero-order valence-electron chi connectivity index (χ0n) is 27.8. The van der Waals surface area contributed by atoms with E-state index in [-0.39, 0.29) is 37.6 Å². The van der Waals surface area contributed by atoms with Crippen LogP contribution in [0.3, 0.4) is 0 Å². The molecular weight excluding hydrogens is 656 g/mol. The van der Waals surface area contributed by atoms with Gasteiger partial charge in [0.25, 0.3) is 0 Å². The smallest absolute Gasteiger partial charge is 0.315 e. The van der Waals surface area contributed by atoms with Crippen molar-refractivity contribution in [1.29, 1.82) is 0 Å². The van der Waals surface area contributed by atoms with E-state index >= 15 is 0 Å². The number of urea groups is 1. The Balaban J connectivity index is 1.14. The lowest BCUT2D eigenvalue weighted by Gasteiger charge is -2.22. The van der Waals surface area contributed by atoms with Crippen LogP contribution in [0.4, 0.5) is 16.6 Å². The Morgan fingerprint density at radius 1 is 0.980 bits per heavy atom. The third-order valence-electron chi connectivity index (χ3n) is 9.62. The molecule has 4 heterocycles. The van der Waals surface area contributed by atoms with Crippen molar-refractivity contribution in [2.45, 2.75) is 68.8 Å². The molecule has 1 saturated carbocycles. The molecule has 1 aliphatic heterocycles. The standard InChI is InChI=1S/C35H42N10O6/c46-18-23-15-38-45(16-23)28-13-27(30(49)31(28)50)44-20-37-29-32(39-25(19-47)11-21-5-2-1-3-6-21)41-34(42-33(29)44)43-10-9-24(17-43)40-35(51)36-14-22-7-4-8-26(48)12-22/h1-8,12,15-16,20,24-25,27-28,30-31,46-50H,9-11,13-14,17-19H2,(H2,36,40,51)(H,39,41,42)/t24-,25+,27-,28+,30+,31-/m1/s1. The van der Waals surface area contributed by atoms with Crippen LogP contribution in [-0.2, 0) is 19.6 Å². The lowest BCUT2D eigenvalue weighted by molar-refractivity contribution is 0.00720. The minimum absolute atomic E-state index is 0.131. The van der Waals surface area contributed by atoms with Crippen LogP contribution in [0.25, 0.3) is 11.2 Å². The zero-order valence-corrected chi connectivity index (χ0v) is 27.8. The fraction of sp³-hybridized carbons (Fsp3) is 0.400. The highest BCUT2D eigenvalue weighted by Gasteiger charge is 2.44. The van der Waals surface area contributed by atoms with Crippen LogP contribution in [0.1, 0.15) is 41.6 Å². The Labute approximate surface area is 293 Å². The van der Waals surface area contributed by atoms with Gasteiger partial charge in [0, 0.05) is 37.4 Å². The van der Waals surface area contributed by atoms with Crippen molar-refractivity contribution in [1.82, 2.24) is 39.9 Å². The first-order chi connectivity index (χ1) is 24.8. The van der Waals surface area contributed by atoms with E-state index in [1.165, 1.54) is 6.20 Å². The van der Waals surface area contributed by atoms with Gasteiger partial charge in [-0.15, -0.1) is 0 Å². The van der Waals surface area contributed by atoms with Gasteiger partial charge in [-0.2, -0.15) is 15.1 Å². The number of aliphatic hydroxyl groups excluding tert-OH is 4. The van der Waals surface area contributed by atoms with E-state index in [9.17, 15) is 30.3 Å². The molecule has 3 aromatic heterocycles. The molecule has 6 atom stereocenters. The predicted molar refractivity (Wildman–Crippen MR) is 187 cm³/mol. The normalized spacial score (nSPS) is 22.4. The lowest BCUT2D eigenvalue weighted by Crippen LogP contribution is -2.43. The number of aromatic hydroxyl groups is 1. The van der Waals surface area contributed by atoms with Crippen molar-refractivity contribution in [3.05, 3.63) is 90.0 Å². The molecule has 1 aliphatic carbocycles. The number of aromatic nitrogens is 6. The van der Waals surface area contributed by atoms with Crippen LogP contribution in [0.2, 0.25) is 0 Å². The third kappa shape index (κ3) is 7.44. The molecule has 2 aliphatic rings. The van der Waals surface area contributed by atoms with Crippen molar-refractivity contribution >= 4 is 29.0 Å². The van der Waals surface area contributed by atoms with Gasteiger partial charge in [0.15, 0.2) is 17.0 Å². The Kier molecular flexibility index (Phi) is 9.99. The maximum Gasteiger partial charge on any atom is 0.315 e. The summed E-state index contributed by atoms with van der Waals surface area (Å²) >= 11 is 0. The van der Waals surface area contributed by atoms with E-state index < -0.39 is 30.3 Å². The summed E-state index contributed by atoms with van der Waals surface area (Å²) in [4.78, 5) is 29.2. The number of anilines is 2. The summed E-state index contributed by atoms with van der Waals surface area (Å²) in [6.07, 6.45) is 3.97. The van der Waals surface area contributed by atoms with Crippen molar-refractivity contribution in [2.75, 3.05) is 29.9 Å². The SMILES string of the molecule is O=C(NCc1cccc(O)c1)N[C@@H]1CCN(c2nc(N[C@H](CO)Cc3ccccc3)c3ncn([C@@H]4C[C@H](n5cc(CO)cn5)[C@@H](O)[C@H]4O)c3n2)C1. The highest BCUT2D eigenvalue weighted by atomic mass is 16.3. The molecule has 16 nitrogen and oxygen atoms in total. The maximum absolute atomic E-state index is 12.8. The lowest BCUT2D eigenvalue weighted by atomic mass is 10.1. The topological polar surface area (TPSA) is 219 Å². The van der Waals surface area contributed by atoms with Gasteiger partial charge < -0.3 is 51.0 Å². The summed E-state index contributed by atoms with van der Waals surface area (Å²) in [5, 5.41) is 65.5. The van der Waals surface area contributed by atoms with Gasteiger partial charge in [-0.05, 0) is 42.5 Å². The Bertz CT molecular complexity index is 1950. The van der Waals surface area contributed by atoms with Gasteiger partial charge in [-0.3, -0.25) is 4.68 Å². The fourth-order valence-electron chi connectivity index (χ4n) is 6.95. The van der Waals surface area contributed by atoms with Crippen molar-refractivity contribution in [3.63, 3.8) is 0 Å². The van der Waals surface area contributed by atoms with Gasteiger partial charge in [0.2, 0.25) is 5.95 Å². The molecule has 0 radical (unpaired) electrons. The fourth-order valence-corrected chi connectivity index (χ4v) is 6.95. The molecule has 7 rings (SSSR count). The molecule has 5 aromatic rings. The average Bonchev–Trinajstić information content (AvgIpc) is 3.95. The van der Waals surface area contributed by atoms with Crippen molar-refractivity contribution in [3.8, 4) is 5.75 Å². The molecule has 268 valence electrons. The van der Waals surface area contributed by atoms with Crippen molar-refractivity contribution < 1.29 is 30.3 Å². The molecule has 8 N–H and O–H groups in total. The molecule has 2 fully saturated rings. The summed E-state index contributed by atoms with van der Waals surface area (Å²) < 4.78 is 3.32. The molecule has 0 bridgehead atoms. The number of carbonyl (C=O) groups is 1. The minimum atomic E-state index is -1.16. The summed E-state index contributed by atoms with van der Waals surface area (Å²) in [7, 11) is 0. The number of benzene rings is 2. The number of amides is 2. The van der Waals surface area contributed by atoms with E-state index in [1.54, 1.807) is 40.0 Å². The molecular formula is C35H42N10O6. The first kappa shape index (κ1) is 34.2. The monoisotopic (exact) mass is 698 g/mol. The second kappa shape index (κ2) is 14.9. The van der Waals surface area contributed by atoms with E-state index in [0.29, 0.717) is 60.8 Å². The maximum atomic E-state index is 12.8. The van der Waals surface area contributed by atoms with Crippen LogP contribution in [0.5, 0.6) is 5.75 Å².